The minimum absolute atomic E-state index is 0. The van der Waals surface area contributed by atoms with E-state index in [9.17, 15) is 9.59 Å². The molecule has 0 atom stereocenters. The molecule has 0 radical (unpaired) electrons. The maximum Gasteiger partial charge on any atom is 0.293 e. The highest BCUT2D eigenvalue weighted by Gasteiger charge is 2.13. The standard InChI is InChI=1S/C21H29N7O3.ClH/c1-14-12-26-19(25-8-7-15-5-6-16-3-2-4-17(16)11-15)20(30)28(14)13-18(29)24-9-10-31-27-21(22)23;/h5-6,11-12H,2-4,7-10,13H2,1H3,(H,24,29)(H,25,26)(H4,22,23,27);1H. The number of halogens is 1. The zero-order valence-corrected chi connectivity index (χ0v) is 18.9. The third kappa shape index (κ3) is 6.88. The summed E-state index contributed by atoms with van der Waals surface area (Å²) in [4.78, 5) is 33.9. The first-order valence-corrected chi connectivity index (χ1v) is 10.3. The SMILES string of the molecule is Cc1cnc(NCCc2ccc3c(c2)CCC3)c(=O)n1CC(=O)NCCON=C(N)N.Cl. The fraction of sp³-hybridized carbons (Fsp3) is 0.429. The van der Waals surface area contributed by atoms with Gasteiger partial charge in [-0.2, -0.15) is 0 Å². The largest absolute Gasteiger partial charge is 0.391 e. The molecule has 174 valence electrons. The van der Waals surface area contributed by atoms with E-state index in [2.05, 4.69) is 39.0 Å². The molecule has 1 amide bonds. The number of benzene rings is 1. The number of aromatic nitrogens is 2. The van der Waals surface area contributed by atoms with Gasteiger partial charge in [0.15, 0.2) is 5.82 Å². The molecule has 0 spiro atoms. The molecule has 10 nitrogen and oxygen atoms in total. The van der Waals surface area contributed by atoms with Crippen molar-refractivity contribution in [3.05, 3.63) is 57.1 Å². The van der Waals surface area contributed by atoms with E-state index in [0.717, 1.165) is 19.3 Å². The Hall–Kier alpha value is -3.27. The fourth-order valence-electron chi connectivity index (χ4n) is 3.55. The van der Waals surface area contributed by atoms with E-state index in [4.69, 9.17) is 16.3 Å². The second-order valence-electron chi connectivity index (χ2n) is 7.47. The molecule has 1 aromatic heterocycles. The summed E-state index contributed by atoms with van der Waals surface area (Å²) in [6, 6.07) is 6.61. The van der Waals surface area contributed by atoms with Crippen LogP contribution in [0.25, 0.3) is 0 Å². The van der Waals surface area contributed by atoms with Gasteiger partial charge in [0.2, 0.25) is 11.9 Å². The molecule has 32 heavy (non-hydrogen) atoms. The molecule has 6 N–H and O–H groups in total. The van der Waals surface area contributed by atoms with Crippen LogP contribution in [0.3, 0.4) is 0 Å². The topological polar surface area (TPSA) is 150 Å². The Bertz CT molecular complexity index is 1020. The maximum absolute atomic E-state index is 12.8. The first-order chi connectivity index (χ1) is 14.9. The van der Waals surface area contributed by atoms with Crippen LogP contribution >= 0.6 is 12.4 Å². The average Bonchev–Trinajstić information content (AvgIpc) is 3.20. The molecule has 2 aromatic rings. The number of amides is 1. The zero-order chi connectivity index (χ0) is 22.2. The molecule has 0 aliphatic heterocycles. The number of hydrogen-bond donors (Lipinski definition) is 4. The van der Waals surface area contributed by atoms with Crippen molar-refractivity contribution < 1.29 is 9.63 Å². The molecule has 11 heteroatoms. The lowest BCUT2D eigenvalue weighted by atomic mass is 10.0. The van der Waals surface area contributed by atoms with Gasteiger partial charge in [0.1, 0.15) is 13.2 Å². The summed E-state index contributed by atoms with van der Waals surface area (Å²) < 4.78 is 1.39. The second kappa shape index (κ2) is 11.9. The van der Waals surface area contributed by atoms with E-state index in [1.807, 2.05) is 0 Å². The first kappa shape index (κ1) is 25.0. The lowest BCUT2D eigenvalue weighted by molar-refractivity contribution is -0.122. The predicted octanol–water partition coefficient (Wildman–Crippen LogP) is 0.438. The van der Waals surface area contributed by atoms with E-state index in [1.165, 1.54) is 27.7 Å². The Balaban J connectivity index is 0.00000363. The van der Waals surface area contributed by atoms with Crippen LogP contribution in [0.5, 0.6) is 0 Å². The third-order valence-electron chi connectivity index (χ3n) is 5.11. The number of hydrogen-bond acceptors (Lipinski definition) is 6. The van der Waals surface area contributed by atoms with Crippen LogP contribution in [0.15, 0.2) is 34.3 Å². The van der Waals surface area contributed by atoms with Crippen LogP contribution in [0.1, 0.15) is 28.8 Å². The van der Waals surface area contributed by atoms with E-state index in [-0.39, 0.29) is 55.3 Å². The van der Waals surface area contributed by atoms with Crippen molar-refractivity contribution >= 4 is 30.1 Å². The molecular weight excluding hydrogens is 434 g/mol. The summed E-state index contributed by atoms with van der Waals surface area (Å²) in [6.45, 7) is 2.52. The van der Waals surface area contributed by atoms with Gasteiger partial charge < -0.3 is 26.9 Å². The van der Waals surface area contributed by atoms with Crippen LogP contribution in [-0.2, 0) is 35.4 Å². The van der Waals surface area contributed by atoms with Gasteiger partial charge in [0.05, 0.1) is 6.54 Å². The summed E-state index contributed by atoms with van der Waals surface area (Å²) >= 11 is 0. The van der Waals surface area contributed by atoms with Crippen molar-refractivity contribution in [2.24, 2.45) is 16.6 Å². The highest BCUT2D eigenvalue weighted by atomic mass is 35.5. The molecule has 1 aliphatic rings. The Kier molecular flexibility index (Phi) is 9.33. The van der Waals surface area contributed by atoms with Crippen molar-refractivity contribution in [1.82, 2.24) is 14.9 Å². The number of carbonyl (C=O) groups excluding carboxylic acids is 1. The third-order valence-corrected chi connectivity index (χ3v) is 5.11. The average molecular weight is 464 g/mol. The van der Waals surface area contributed by atoms with Gasteiger partial charge in [-0.1, -0.05) is 18.2 Å². The monoisotopic (exact) mass is 463 g/mol. The smallest absolute Gasteiger partial charge is 0.293 e. The normalized spacial score (nSPS) is 11.8. The van der Waals surface area contributed by atoms with Crippen LogP contribution in [-0.4, -0.2) is 41.1 Å². The molecule has 0 bridgehead atoms. The summed E-state index contributed by atoms with van der Waals surface area (Å²) in [5.41, 5.74) is 14.7. The van der Waals surface area contributed by atoms with Gasteiger partial charge in [0, 0.05) is 18.4 Å². The van der Waals surface area contributed by atoms with Crippen LogP contribution in [0.2, 0.25) is 0 Å². The number of oxime groups is 1. The van der Waals surface area contributed by atoms with E-state index in [0.29, 0.717) is 12.2 Å². The highest BCUT2D eigenvalue weighted by molar-refractivity contribution is 5.85. The van der Waals surface area contributed by atoms with Gasteiger partial charge >= 0.3 is 0 Å². The van der Waals surface area contributed by atoms with Crippen molar-refractivity contribution in [3.63, 3.8) is 0 Å². The van der Waals surface area contributed by atoms with Crippen LogP contribution in [0.4, 0.5) is 5.82 Å². The molecule has 0 unspecified atom stereocenters. The first-order valence-electron chi connectivity index (χ1n) is 10.3. The minimum Gasteiger partial charge on any atom is -0.391 e. The molecule has 0 saturated heterocycles. The van der Waals surface area contributed by atoms with Gasteiger partial charge in [-0.15, -0.1) is 12.4 Å². The number of aryl methyl sites for hydroxylation is 3. The predicted molar refractivity (Wildman–Crippen MR) is 126 cm³/mol. The quantitative estimate of drug-likeness (QED) is 0.173. The number of carbonyl (C=O) groups is 1. The molecule has 0 fully saturated rings. The van der Waals surface area contributed by atoms with Crippen molar-refractivity contribution in [3.8, 4) is 0 Å². The highest BCUT2D eigenvalue weighted by Crippen LogP contribution is 2.22. The Morgan fingerprint density at radius 1 is 1.25 bits per heavy atom. The molecule has 1 aliphatic carbocycles. The summed E-state index contributed by atoms with van der Waals surface area (Å²) in [7, 11) is 0. The number of anilines is 1. The Morgan fingerprint density at radius 3 is 2.81 bits per heavy atom. The Labute approximate surface area is 192 Å². The number of nitrogens with two attached hydrogens (primary N) is 2. The number of guanidine groups is 1. The van der Waals surface area contributed by atoms with Gasteiger partial charge in [-0.05, 0) is 54.5 Å². The molecule has 1 heterocycles. The molecule has 0 saturated carbocycles. The number of nitrogens with zero attached hydrogens (tertiary/aromatic N) is 3. The van der Waals surface area contributed by atoms with Crippen molar-refractivity contribution in [1.29, 1.82) is 0 Å². The maximum atomic E-state index is 12.8. The lowest BCUT2D eigenvalue weighted by Crippen LogP contribution is -2.36. The molecule has 1 aromatic carbocycles. The Morgan fingerprint density at radius 2 is 2.03 bits per heavy atom. The minimum atomic E-state index is -0.333. The van der Waals surface area contributed by atoms with Gasteiger partial charge in [0.25, 0.3) is 5.56 Å². The number of nitrogens with one attached hydrogen (secondary N) is 2. The fourth-order valence-corrected chi connectivity index (χ4v) is 3.55. The summed E-state index contributed by atoms with van der Waals surface area (Å²) in [5.74, 6) is -0.286. The summed E-state index contributed by atoms with van der Waals surface area (Å²) in [6.07, 6.45) is 5.90. The lowest BCUT2D eigenvalue weighted by Gasteiger charge is -2.12. The summed E-state index contributed by atoms with van der Waals surface area (Å²) in [5, 5.41) is 9.12. The van der Waals surface area contributed by atoms with Crippen molar-refractivity contribution in [2.45, 2.75) is 39.2 Å². The van der Waals surface area contributed by atoms with E-state index in [1.54, 1.807) is 13.1 Å². The number of fused-ring (bicyclic) bond motifs is 1. The molecular formula is C21H30ClN7O3. The second-order valence-corrected chi connectivity index (χ2v) is 7.47. The van der Waals surface area contributed by atoms with E-state index >= 15 is 0 Å². The van der Waals surface area contributed by atoms with Gasteiger partial charge in [-0.3, -0.25) is 14.2 Å². The molecule has 3 rings (SSSR count). The van der Waals surface area contributed by atoms with Crippen LogP contribution in [0, 0.1) is 6.92 Å². The number of rotatable bonds is 10. The van der Waals surface area contributed by atoms with Crippen LogP contribution < -0.4 is 27.7 Å². The van der Waals surface area contributed by atoms with Crippen molar-refractivity contribution in [2.75, 3.05) is 25.0 Å². The van der Waals surface area contributed by atoms with Gasteiger partial charge in [-0.25, -0.2) is 4.98 Å². The van der Waals surface area contributed by atoms with E-state index < -0.39 is 0 Å². The zero-order valence-electron chi connectivity index (χ0n) is 18.1.